The lowest BCUT2D eigenvalue weighted by Crippen LogP contribution is -2.34. The Morgan fingerprint density at radius 2 is 0.837 bits per heavy atom. The number of dihydropyridines is 2. The van der Waals surface area contributed by atoms with Gasteiger partial charge < -0.3 is 15.1 Å². The third kappa shape index (κ3) is 9.06. The lowest BCUT2D eigenvalue weighted by Gasteiger charge is -2.38. The molecule has 0 radical (unpaired) electrons. The molecule has 2 aliphatic heterocycles. The van der Waals surface area contributed by atoms with Crippen LogP contribution < -0.4 is 20.4 Å². The lowest BCUT2D eigenvalue weighted by atomic mass is 9.67. The van der Waals surface area contributed by atoms with Crippen molar-refractivity contribution in [2.75, 3.05) is 22.9 Å². The molecule has 14 rings (SSSR count). The summed E-state index contributed by atoms with van der Waals surface area (Å²) in [6.45, 7) is 23.9. The van der Waals surface area contributed by atoms with Crippen LogP contribution in [0.15, 0.2) is 258 Å². The van der Waals surface area contributed by atoms with Crippen molar-refractivity contribution in [3.8, 4) is 11.1 Å². The molecule has 86 heavy (non-hydrogen) atoms. The predicted molar refractivity (Wildman–Crippen MR) is 363 cm³/mol. The van der Waals surface area contributed by atoms with Gasteiger partial charge in [0.05, 0.1) is 22.2 Å². The molecule has 0 amide bonds. The molecule has 1 aromatic heterocycles. The van der Waals surface area contributed by atoms with Gasteiger partial charge in [-0.15, -0.1) is 0 Å². The molecule has 1 aliphatic carbocycles. The second-order valence-corrected chi connectivity index (χ2v) is 26.2. The number of nitrogens with one attached hydrogen (secondary N) is 2. The van der Waals surface area contributed by atoms with E-state index in [1.165, 1.54) is 55.7 Å². The maximum absolute atomic E-state index is 7.64. The van der Waals surface area contributed by atoms with E-state index in [2.05, 4.69) is 320 Å². The Kier molecular flexibility index (Phi) is 13.2. The number of aryl methyl sites for hydroxylation is 2. The minimum absolute atomic E-state index is 0.0383. The van der Waals surface area contributed by atoms with Crippen LogP contribution in [-0.4, -0.2) is 13.1 Å². The number of fused-ring (bicyclic) bond motifs is 9. The van der Waals surface area contributed by atoms with Crippen LogP contribution in [0.25, 0.3) is 55.0 Å². The molecule has 424 valence electrons. The normalized spacial score (nSPS) is 14.9. The van der Waals surface area contributed by atoms with Crippen LogP contribution in [0.5, 0.6) is 0 Å². The Hall–Kier alpha value is -9.58. The maximum Gasteiger partial charge on any atom is 0.145 e. The largest absolute Gasteiger partial charge is 0.455 e. The summed E-state index contributed by atoms with van der Waals surface area (Å²) in [5.41, 5.74) is 24.0. The van der Waals surface area contributed by atoms with Crippen LogP contribution in [0, 0.1) is 13.8 Å². The molecule has 0 saturated carbocycles. The predicted octanol–water partition coefficient (Wildman–Crippen LogP) is 20.4. The number of nitrogens with zero attached hydrogens (tertiary/aromatic N) is 2. The molecule has 0 bridgehead atoms. The van der Waals surface area contributed by atoms with Crippen LogP contribution in [0.2, 0.25) is 0 Å². The summed E-state index contributed by atoms with van der Waals surface area (Å²) in [6.07, 6.45) is 4.77. The van der Waals surface area contributed by atoms with E-state index in [0.29, 0.717) is 13.1 Å². The molecule has 0 saturated heterocycles. The third-order valence-electron chi connectivity index (χ3n) is 18.1. The fraction of sp³-hybridized carbons (Fsp3) is 0.185. The number of para-hydroxylation sites is 1. The fourth-order valence-corrected chi connectivity index (χ4v) is 13.7. The van der Waals surface area contributed by atoms with Gasteiger partial charge in [-0.25, -0.2) is 0 Å². The monoisotopic (exact) mass is 1120 g/mol. The summed E-state index contributed by atoms with van der Waals surface area (Å²) in [6, 6.07) is 82.0. The number of furan rings is 1. The van der Waals surface area contributed by atoms with Crippen LogP contribution in [0.4, 0.5) is 22.7 Å². The summed E-state index contributed by atoms with van der Waals surface area (Å²) < 4.78 is 7.64. The molecule has 0 fully saturated rings. The number of hydrogen-bond donors (Lipinski definition) is 2. The molecule has 0 atom stereocenters. The first-order valence-corrected chi connectivity index (χ1v) is 30.5. The Morgan fingerprint density at radius 1 is 0.419 bits per heavy atom. The molecule has 0 unspecified atom stereocenters. The van der Waals surface area contributed by atoms with Gasteiger partial charge in [-0.3, -0.25) is 9.80 Å². The van der Waals surface area contributed by atoms with E-state index in [0.717, 1.165) is 101 Å². The number of benzene rings is 10. The zero-order valence-electron chi connectivity index (χ0n) is 51.2. The van der Waals surface area contributed by atoms with Gasteiger partial charge in [0, 0.05) is 51.9 Å². The fourth-order valence-electron chi connectivity index (χ4n) is 13.7. The van der Waals surface area contributed by atoms with Crippen molar-refractivity contribution < 1.29 is 4.42 Å². The highest BCUT2D eigenvalue weighted by atomic mass is 16.3. The van der Waals surface area contributed by atoms with Crippen molar-refractivity contribution in [1.82, 2.24) is 10.6 Å². The lowest BCUT2D eigenvalue weighted by molar-refractivity contribution is 0.590. The van der Waals surface area contributed by atoms with Crippen molar-refractivity contribution in [3.63, 3.8) is 0 Å². The van der Waals surface area contributed by atoms with E-state index in [-0.39, 0.29) is 10.8 Å². The molecule has 10 aromatic carbocycles. The van der Waals surface area contributed by atoms with E-state index in [4.69, 9.17) is 4.42 Å². The number of anilines is 4. The van der Waals surface area contributed by atoms with E-state index in [1.54, 1.807) is 0 Å². The van der Waals surface area contributed by atoms with Gasteiger partial charge in [-0.1, -0.05) is 252 Å². The molecule has 5 heteroatoms. The molecule has 3 aliphatic rings. The third-order valence-corrected chi connectivity index (χ3v) is 18.1. The van der Waals surface area contributed by atoms with Gasteiger partial charge in [0.25, 0.3) is 0 Å². The summed E-state index contributed by atoms with van der Waals surface area (Å²) in [7, 11) is 0. The Balaban J connectivity index is 1.16. The summed E-state index contributed by atoms with van der Waals surface area (Å²) in [5, 5.41) is 12.5. The van der Waals surface area contributed by atoms with E-state index >= 15 is 0 Å². The second kappa shape index (κ2) is 20.9. The minimum atomic E-state index is -0.882. The topological polar surface area (TPSA) is 43.7 Å². The van der Waals surface area contributed by atoms with Crippen LogP contribution in [-0.2, 0) is 16.2 Å². The van der Waals surface area contributed by atoms with Crippen LogP contribution in [0.1, 0.15) is 111 Å². The van der Waals surface area contributed by atoms with E-state index in [9.17, 15) is 0 Å². The van der Waals surface area contributed by atoms with Crippen LogP contribution in [0.3, 0.4) is 0 Å². The van der Waals surface area contributed by atoms with Crippen molar-refractivity contribution >= 4 is 66.6 Å². The highest BCUT2D eigenvalue weighted by molar-refractivity contribution is 6.22. The summed E-state index contributed by atoms with van der Waals surface area (Å²) >= 11 is 0. The van der Waals surface area contributed by atoms with Gasteiger partial charge in [0.2, 0.25) is 0 Å². The maximum atomic E-state index is 7.64. The Labute approximate surface area is 507 Å². The van der Waals surface area contributed by atoms with Crippen molar-refractivity contribution in [3.05, 3.63) is 309 Å². The number of rotatable bonds is 10. The highest BCUT2D eigenvalue weighted by Crippen LogP contribution is 2.63. The second-order valence-electron chi connectivity index (χ2n) is 26.2. The van der Waals surface area contributed by atoms with Gasteiger partial charge in [-0.2, -0.15) is 0 Å². The molecular weight excluding hydrogens is 1040 g/mol. The van der Waals surface area contributed by atoms with E-state index in [1.807, 2.05) is 0 Å². The first-order chi connectivity index (χ1) is 41.6. The smallest absolute Gasteiger partial charge is 0.145 e. The highest BCUT2D eigenvalue weighted by Gasteiger charge is 2.50. The number of allylic oxidation sites excluding steroid dienone is 4. The minimum Gasteiger partial charge on any atom is -0.455 e. The molecule has 11 aromatic rings. The molecule has 5 nitrogen and oxygen atoms in total. The van der Waals surface area contributed by atoms with Gasteiger partial charge in [0.1, 0.15) is 22.8 Å². The zero-order valence-corrected chi connectivity index (χ0v) is 51.2. The zero-order chi connectivity index (χ0) is 59.2. The van der Waals surface area contributed by atoms with Gasteiger partial charge in [0.15, 0.2) is 0 Å². The standard InChI is InChI=1S/C81H74N4O/c1-51-29-33-55(34-30-51)66-45-53(3)49-82-77(66)84(61-41-37-57(38-42-61)79(5,6)7)70-47-68-73(64-26-18-17-25-63(64)70)75-69(81(68,59-21-13-11-14-22-59)60-23-15-12-16-24-60)48-71(74-65-27-19-20-28-72(65)86-76(74)75)85(62-43-39-58(40-44-62)80(8,9)10)78-67(46-54(4)50-83-78)56-35-31-52(2)32-36-56/h11-48,82-83H,49-50H2,1-10H3. The first-order valence-electron chi connectivity index (χ1n) is 30.5. The molecule has 0 spiro atoms. The van der Waals surface area contributed by atoms with Crippen molar-refractivity contribution in [1.29, 1.82) is 0 Å². The van der Waals surface area contributed by atoms with E-state index < -0.39 is 5.41 Å². The number of hydrogen-bond acceptors (Lipinski definition) is 5. The van der Waals surface area contributed by atoms with Crippen LogP contribution >= 0.6 is 0 Å². The average Bonchev–Trinajstić information content (AvgIpc) is 1.51. The van der Waals surface area contributed by atoms with Gasteiger partial charge in [-0.05, 0) is 136 Å². The molecule has 2 N–H and O–H groups in total. The molecule has 3 heterocycles. The Bertz CT molecular complexity index is 4540. The quantitative estimate of drug-likeness (QED) is 0.143. The van der Waals surface area contributed by atoms with Gasteiger partial charge >= 0.3 is 0 Å². The first kappa shape index (κ1) is 54.4. The van der Waals surface area contributed by atoms with Crippen molar-refractivity contribution in [2.45, 2.75) is 85.5 Å². The van der Waals surface area contributed by atoms with Crippen molar-refractivity contribution in [2.24, 2.45) is 0 Å². The SMILES string of the molecule is CC1=CC(c2ccc(C)cc2)=C(N(c2ccc(C(C)(C)C)cc2)c2cc3c(c4ccccc24)-c2c(cc(N(C4=C(c5ccc(C)cc5)C=C(C)CN4)c4ccc(C(C)(C)C)cc4)c4c2oc2ccccc24)C3(c2ccccc2)c2ccccc2)NC1. The summed E-state index contributed by atoms with van der Waals surface area (Å²) in [4.78, 5) is 5.03. The summed E-state index contributed by atoms with van der Waals surface area (Å²) in [5.74, 6) is 2.04. The Morgan fingerprint density at radius 3 is 1.33 bits per heavy atom. The molecular formula is C81H74N4O. The average molecular weight is 1120 g/mol.